The van der Waals surface area contributed by atoms with E-state index >= 15 is 0 Å². The van der Waals surface area contributed by atoms with Crippen LogP contribution in [-0.4, -0.2) is 37.6 Å². The van der Waals surface area contributed by atoms with Crippen molar-refractivity contribution >= 4 is 21.8 Å². The Balaban J connectivity index is 1.98. The normalized spacial score (nSPS) is 17.6. The second kappa shape index (κ2) is 7.32. The minimum atomic E-state index is -0.513. The average Bonchev–Trinajstić information content (AvgIpc) is 2.63. The zero-order chi connectivity index (χ0) is 17.1. The van der Waals surface area contributed by atoms with Crippen LogP contribution >= 0.6 is 15.9 Å². The van der Waals surface area contributed by atoms with Gasteiger partial charge in [-0.1, -0.05) is 34.1 Å². The predicted molar refractivity (Wildman–Crippen MR) is 93.7 cm³/mol. The first-order valence-electron chi connectivity index (χ1n) is 7.71. The number of hydrogen-bond acceptors (Lipinski definition) is 3. The second-order valence-corrected chi connectivity index (χ2v) is 6.50. The van der Waals surface area contributed by atoms with E-state index in [0.29, 0.717) is 24.1 Å². The maximum Gasteiger partial charge on any atom is 0.257 e. The molecule has 1 N–H and O–H groups in total. The van der Waals surface area contributed by atoms with Crippen molar-refractivity contribution in [1.29, 1.82) is 0 Å². The number of methoxy groups -OCH3 is 1. The number of piperazine rings is 1. The zero-order valence-electron chi connectivity index (χ0n) is 13.3. The van der Waals surface area contributed by atoms with Gasteiger partial charge in [0.1, 0.15) is 11.6 Å². The molecule has 24 heavy (non-hydrogen) atoms. The third kappa shape index (κ3) is 3.30. The fourth-order valence-corrected chi connectivity index (χ4v) is 3.34. The summed E-state index contributed by atoms with van der Waals surface area (Å²) in [6.45, 7) is 1.78. The lowest BCUT2D eigenvalue weighted by molar-refractivity contribution is 0.0627. The summed E-state index contributed by atoms with van der Waals surface area (Å²) in [5, 5.41) is 3.29. The number of rotatable bonds is 3. The van der Waals surface area contributed by atoms with Gasteiger partial charge in [0.15, 0.2) is 0 Å². The molecule has 126 valence electrons. The summed E-state index contributed by atoms with van der Waals surface area (Å²) in [5.41, 5.74) is 0.988. The highest BCUT2D eigenvalue weighted by Crippen LogP contribution is 2.31. The Morgan fingerprint density at radius 3 is 2.92 bits per heavy atom. The van der Waals surface area contributed by atoms with Gasteiger partial charge >= 0.3 is 0 Å². The Morgan fingerprint density at radius 2 is 2.12 bits per heavy atom. The first kappa shape index (κ1) is 16.9. The first-order chi connectivity index (χ1) is 11.6. The molecule has 2 aromatic rings. The number of amides is 1. The van der Waals surface area contributed by atoms with Crippen molar-refractivity contribution in [3.63, 3.8) is 0 Å². The number of nitrogens with zero attached hydrogens (tertiary/aromatic N) is 1. The highest BCUT2D eigenvalue weighted by molar-refractivity contribution is 9.10. The minimum Gasteiger partial charge on any atom is -0.496 e. The van der Waals surface area contributed by atoms with Crippen molar-refractivity contribution in [2.75, 3.05) is 26.7 Å². The summed E-state index contributed by atoms with van der Waals surface area (Å²) in [7, 11) is 1.61. The molecule has 1 aliphatic heterocycles. The number of halogens is 2. The van der Waals surface area contributed by atoms with Gasteiger partial charge in [0.05, 0.1) is 18.7 Å². The molecule has 3 rings (SSSR count). The lowest BCUT2D eigenvalue weighted by Gasteiger charge is -2.37. The Hall–Kier alpha value is -1.92. The van der Waals surface area contributed by atoms with E-state index in [0.717, 1.165) is 11.3 Å². The van der Waals surface area contributed by atoms with E-state index in [1.165, 1.54) is 12.1 Å². The van der Waals surface area contributed by atoms with E-state index in [9.17, 15) is 9.18 Å². The number of carbonyl (C=O) groups excluding carboxylic acids is 1. The van der Waals surface area contributed by atoms with Crippen LogP contribution in [0.4, 0.5) is 4.39 Å². The fourth-order valence-electron chi connectivity index (χ4n) is 2.98. The van der Waals surface area contributed by atoms with Crippen molar-refractivity contribution in [3.05, 3.63) is 63.9 Å². The molecule has 1 fully saturated rings. The van der Waals surface area contributed by atoms with Gasteiger partial charge in [-0.2, -0.15) is 0 Å². The molecular formula is C18H18BrFN2O2. The van der Waals surface area contributed by atoms with Crippen LogP contribution in [0.5, 0.6) is 5.75 Å². The molecule has 2 aromatic carbocycles. The van der Waals surface area contributed by atoms with E-state index in [-0.39, 0.29) is 17.5 Å². The molecule has 1 amide bonds. The summed E-state index contributed by atoms with van der Waals surface area (Å²) in [6, 6.07) is 11.8. The van der Waals surface area contributed by atoms with Crippen LogP contribution in [0.1, 0.15) is 22.0 Å². The van der Waals surface area contributed by atoms with Gasteiger partial charge in [-0.05, 0) is 24.3 Å². The maximum absolute atomic E-state index is 14.1. The third-order valence-corrected chi connectivity index (χ3v) is 4.65. The maximum atomic E-state index is 14.1. The second-order valence-electron chi connectivity index (χ2n) is 5.58. The van der Waals surface area contributed by atoms with Crippen LogP contribution in [0.3, 0.4) is 0 Å². The Kier molecular flexibility index (Phi) is 5.16. The van der Waals surface area contributed by atoms with Gasteiger partial charge in [-0.25, -0.2) is 4.39 Å². The largest absolute Gasteiger partial charge is 0.496 e. The van der Waals surface area contributed by atoms with Gasteiger partial charge in [0.25, 0.3) is 5.91 Å². The molecule has 0 bridgehead atoms. The highest BCUT2D eigenvalue weighted by atomic mass is 79.9. The van der Waals surface area contributed by atoms with Gasteiger partial charge in [0.2, 0.25) is 0 Å². The summed E-state index contributed by atoms with van der Waals surface area (Å²) >= 11 is 3.30. The standard InChI is InChI=1S/C18H18BrFN2O2/c1-24-17-5-3-2-4-13(17)16-11-21-8-9-22(16)18(23)14-10-12(19)6-7-15(14)20/h2-7,10,16,21H,8-9,11H2,1H3. The monoisotopic (exact) mass is 392 g/mol. The zero-order valence-corrected chi connectivity index (χ0v) is 14.8. The van der Waals surface area contributed by atoms with Crippen molar-refractivity contribution in [2.45, 2.75) is 6.04 Å². The molecule has 1 saturated heterocycles. The van der Waals surface area contributed by atoms with Crippen molar-refractivity contribution in [2.24, 2.45) is 0 Å². The molecule has 1 aliphatic rings. The molecule has 1 atom stereocenters. The molecule has 1 heterocycles. The smallest absolute Gasteiger partial charge is 0.257 e. The Morgan fingerprint density at radius 1 is 1.33 bits per heavy atom. The molecular weight excluding hydrogens is 375 g/mol. The molecule has 0 aliphatic carbocycles. The average molecular weight is 393 g/mol. The number of para-hydroxylation sites is 1. The van der Waals surface area contributed by atoms with E-state index in [1.807, 2.05) is 24.3 Å². The first-order valence-corrected chi connectivity index (χ1v) is 8.50. The van der Waals surface area contributed by atoms with E-state index < -0.39 is 5.82 Å². The molecule has 0 saturated carbocycles. The van der Waals surface area contributed by atoms with Gasteiger partial charge in [-0.15, -0.1) is 0 Å². The highest BCUT2D eigenvalue weighted by Gasteiger charge is 2.31. The quantitative estimate of drug-likeness (QED) is 0.870. The Bertz CT molecular complexity index is 754. The van der Waals surface area contributed by atoms with Gasteiger partial charge in [-0.3, -0.25) is 4.79 Å². The van der Waals surface area contributed by atoms with Gasteiger partial charge < -0.3 is 15.0 Å². The molecule has 0 aromatic heterocycles. The molecule has 6 heteroatoms. The van der Waals surface area contributed by atoms with E-state index in [4.69, 9.17) is 4.74 Å². The van der Waals surface area contributed by atoms with Crippen LogP contribution in [0.15, 0.2) is 46.9 Å². The fraction of sp³-hybridized carbons (Fsp3) is 0.278. The number of hydrogen-bond donors (Lipinski definition) is 1. The van der Waals surface area contributed by atoms with Crippen LogP contribution < -0.4 is 10.1 Å². The molecule has 0 spiro atoms. The summed E-state index contributed by atoms with van der Waals surface area (Å²) in [4.78, 5) is 14.7. The van der Waals surface area contributed by atoms with Gasteiger partial charge in [0, 0.05) is 29.7 Å². The summed E-state index contributed by atoms with van der Waals surface area (Å²) < 4.78 is 20.2. The van der Waals surface area contributed by atoms with E-state index in [2.05, 4.69) is 21.2 Å². The number of ether oxygens (including phenoxy) is 1. The topological polar surface area (TPSA) is 41.6 Å². The van der Waals surface area contributed by atoms with Crippen molar-refractivity contribution in [3.8, 4) is 5.75 Å². The SMILES string of the molecule is COc1ccccc1C1CNCCN1C(=O)c1cc(Br)ccc1F. The lowest BCUT2D eigenvalue weighted by Crippen LogP contribution is -2.49. The van der Waals surface area contributed by atoms with Crippen LogP contribution in [0.25, 0.3) is 0 Å². The van der Waals surface area contributed by atoms with Crippen LogP contribution in [0.2, 0.25) is 0 Å². The predicted octanol–water partition coefficient (Wildman–Crippen LogP) is 3.38. The van der Waals surface area contributed by atoms with Crippen molar-refractivity contribution < 1.29 is 13.9 Å². The van der Waals surface area contributed by atoms with E-state index in [1.54, 1.807) is 18.1 Å². The summed E-state index contributed by atoms with van der Waals surface area (Å²) in [6.07, 6.45) is 0. The Labute approximate surface area is 148 Å². The minimum absolute atomic E-state index is 0.0752. The molecule has 4 nitrogen and oxygen atoms in total. The van der Waals surface area contributed by atoms with Crippen LogP contribution in [-0.2, 0) is 0 Å². The third-order valence-electron chi connectivity index (χ3n) is 4.16. The summed E-state index contributed by atoms with van der Waals surface area (Å²) in [5.74, 6) is -0.106. The number of carbonyl (C=O) groups is 1. The number of nitrogens with one attached hydrogen (secondary N) is 1. The van der Waals surface area contributed by atoms with Crippen LogP contribution in [0, 0.1) is 5.82 Å². The molecule has 0 radical (unpaired) electrons. The lowest BCUT2D eigenvalue weighted by atomic mass is 10.0. The number of benzene rings is 2. The van der Waals surface area contributed by atoms with Crippen molar-refractivity contribution in [1.82, 2.24) is 10.2 Å². The molecule has 1 unspecified atom stereocenters.